The van der Waals surface area contributed by atoms with Crippen molar-refractivity contribution in [1.82, 2.24) is 4.90 Å². The molecule has 1 aromatic rings. The van der Waals surface area contributed by atoms with Gasteiger partial charge in [-0.2, -0.15) is 0 Å². The number of likely N-dealkylation sites (tertiary alicyclic amines) is 1. The standard InChI is InChI=1S/C12H12BrFN2O4/c13-8-3-6(1-2-9(8)14)15-12(20)16-5-7(17)4-10(16)11(18)19/h1-3,7,10,17H,4-5H2,(H,15,20)(H,18,19)/t7-,10-/m1/s1. The molecule has 0 unspecified atom stereocenters. The molecule has 8 heteroatoms. The topological polar surface area (TPSA) is 89.9 Å². The van der Waals surface area contributed by atoms with Crippen LogP contribution in [-0.2, 0) is 4.79 Å². The third kappa shape index (κ3) is 3.07. The molecule has 0 spiro atoms. The Hall–Kier alpha value is -1.67. The molecule has 2 amide bonds. The lowest BCUT2D eigenvalue weighted by atomic mass is 10.2. The molecule has 1 saturated heterocycles. The number of benzene rings is 1. The van der Waals surface area contributed by atoms with Gasteiger partial charge in [-0.25, -0.2) is 14.0 Å². The lowest BCUT2D eigenvalue weighted by Crippen LogP contribution is -2.43. The van der Waals surface area contributed by atoms with Crippen LogP contribution >= 0.6 is 15.9 Å². The van der Waals surface area contributed by atoms with Gasteiger partial charge in [0.2, 0.25) is 0 Å². The van der Waals surface area contributed by atoms with Gasteiger partial charge in [0.05, 0.1) is 10.6 Å². The summed E-state index contributed by atoms with van der Waals surface area (Å²) < 4.78 is 13.3. The second-order valence-electron chi connectivity index (χ2n) is 4.45. The van der Waals surface area contributed by atoms with E-state index in [4.69, 9.17) is 5.11 Å². The van der Waals surface area contributed by atoms with Crippen LogP contribution in [-0.4, -0.2) is 45.8 Å². The molecule has 0 aromatic heterocycles. The summed E-state index contributed by atoms with van der Waals surface area (Å²) in [6.45, 7) is -0.0504. The molecular formula is C12H12BrFN2O4. The van der Waals surface area contributed by atoms with E-state index < -0.39 is 30.0 Å². The van der Waals surface area contributed by atoms with E-state index in [0.29, 0.717) is 5.69 Å². The molecular weight excluding hydrogens is 335 g/mol. The van der Waals surface area contributed by atoms with Crippen molar-refractivity contribution in [2.75, 3.05) is 11.9 Å². The van der Waals surface area contributed by atoms with Gasteiger partial charge in [0, 0.05) is 18.7 Å². The molecule has 1 aromatic carbocycles. The van der Waals surface area contributed by atoms with Crippen molar-refractivity contribution in [2.45, 2.75) is 18.6 Å². The zero-order valence-corrected chi connectivity index (χ0v) is 11.8. The summed E-state index contributed by atoms with van der Waals surface area (Å²) in [5.74, 6) is -1.64. The number of hydrogen-bond donors (Lipinski definition) is 3. The number of rotatable bonds is 2. The van der Waals surface area contributed by atoms with Crippen LogP contribution in [0.5, 0.6) is 0 Å². The van der Waals surface area contributed by atoms with E-state index in [-0.39, 0.29) is 17.4 Å². The molecule has 0 radical (unpaired) electrons. The fourth-order valence-corrected chi connectivity index (χ4v) is 2.42. The van der Waals surface area contributed by atoms with Crippen molar-refractivity contribution in [1.29, 1.82) is 0 Å². The van der Waals surface area contributed by atoms with Crippen LogP contribution in [0, 0.1) is 5.82 Å². The molecule has 20 heavy (non-hydrogen) atoms. The minimum absolute atomic E-state index is 0.00410. The van der Waals surface area contributed by atoms with Gasteiger partial charge >= 0.3 is 12.0 Å². The molecule has 0 bridgehead atoms. The molecule has 3 N–H and O–H groups in total. The highest BCUT2D eigenvalue weighted by atomic mass is 79.9. The fraction of sp³-hybridized carbons (Fsp3) is 0.333. The van der Waals surface area contributed by atoms with E-state index in [1.165, 1.54) is 18.2 Å². The Kier molecular flexibility index (Phi) is 4.24. The Bertz CT molecular complexity index is 554. The summed E-state index contributed by atoms with van der Waals surface area (Å²) >= 11 is 2.99. The first-order chi connectivity index (χ1) is 9.38. The highest BCUT2D eigenvalue weighted by molar-refractivity contribution is 9.10. The van der Waals surface area contributed by atoms with Crippen molar-refractivity contribution in [3.8, 4) is 0 Å². The third-order valence-electron chi connectivity index (χ3n) is 3.00. The minimum Gasteiger partial charge on any atom is -0.480 e. The van der Waals surface area contributed by atoms with E-state index in [9.17, 15) is 19.1 Å². The van der Waals surface area contributed by atoms with Crippen molar-refractivity contribution >= 4 is 33.6 Å². The Morgan fingerprint density at radius 2 is 2.15 bits per heavy atom. The van der Waals surface area contributed by atoms with Gasteiger partial charge in [-0.05, 0) is 34.1 Å². The smallest absolute Gasteiger partial charge is 0.326 e. The number of anilines is 1. The summed E-state index contributed by atoms with van der Waals surface area (Å²) in [6.07, 6.45) is -0.864. The summed E-state index contributed by atoms with van der Waals surface area (Å²) in [5, 5.41) is 21.0. The predicted molar refractivity (Wildman–Crippen MR) is 71.9 cm³/mol. The van der Waals surface area contributed by atoms with Crippen LogP contribution in [0.3, 0.4) is 0 Å². The highest BCUT2D eigenvalue weighted by Crippen LogP contribution is 2.22. The first kappa shape index (κ1) is 14.7. The van der Waals surface area contributed by atoms with E-state index in [1.54, 1.807) is 0 Å². The summed E-state index contributed by atoms with van der Waals surface area (Å²) in [7, 11) is 0. The number of carbonyl (C=O) groups is 2. The van der Waals surface area contributed by atoms with Gasteiger partial charge < -0.3 is 20.4 Å². The number of urea groups is 1. The number of aliphatic hydroxyl groups excluding tert-OH is 1. The summed E-state index contributed by atoms with van der Waals surface area (Å²) in [4.78, 5) is 24.1. The van der Waals surface area contributed by atoms with Crippen LogP contribution in [0.2, 0.25) is 0 Å². The molecule has 6 nitrogen and oxygen atoms in total. The number of hydrogen-bond acceptors (Lipinski definition) is 3. The average molecular weight is 347 g/mol. The lowest BCUT2D eigenvalue weighted by Gasteiger charge is -2.21. The van der Waals surface area contributed by atoms with Gasteiger partial charge in [0.25, 0.3) is 0 Å². The minimum atomic E-state index is -1.17. The number of halogens is 2. The third-order valence-corrected chi connectivity index (χ3v) is 3.60. The quantitative estimate of drug-likeness (QED) is 0.759. The summed E-state index contributed by atoms with van der Waals surface area (Å²) in [5.41, 5.74) is 0.328. The Labute approximate surface area is 122 Å². The average Bonchev–Trinajstić information content (AvgIpc) is 2.76. The van der Waals surface area contributed by atoms with Gasteiger partial charge in [-0.3, -0.25) is 0 Å². The lowest BCUT2D eigenvalue weighted by molar-refractivity contribution is -0.141. The largest absolute Gasteiger partial charge is 0.480 e. The number of aliphatic hydroxyl groups is 1. The number of nitrogens with one attached hydrogen (secondary N) is 1. The number of carbonyl (C=O) groups excluding carboxylic acids is 1. The molecule has 2 rings (SSSR count). The van der Waals surface area contributed by atoms with Crippen LogP contribution < -0.4 is 5.32 Å². The monoisotopic (exact) mass is 346 g/mol. The first-order valence-corrected chi connectivity index (χ1v) is 6.61. The molecule has 1 fully saturated rings. The molecule has 2 atom stereocenters. The number of β-amino-alcohol motifs (C(OH)–C–C–N with tert-alkyl or cyclic N) is 1. The number of carboxylic acid groups (broad SMARTS) is 1. The van der Waals surface area contributed by atoms with Crippen LogP contribution in [0.15, 0.2) is 22.7 Å². The number of aliphatic carboxylic acids is 1. The van der Waals surface area contributed by atoms with Gasteiger partial charge in [-0.15, -0.1) is 0 Å². The molecule has 0 aliphatic carbocycles. The molecule has 1 heterocycles. The van der Waals surface area contributed by atoms with Crippen LogP contribution in [0.4, 0.5) is 14.9 Å². The zero-order valence-electron chi connectivity index (χ0n) is 10.2. The SMILES string of the molecule is O=C(O)[C@H]1C[C@@H](O)CN1C(=O)Nc1ccc(F)c(Br)c1. The zero-order chi connectivity index (χ0) is 14.9. The first-order valence-electron chi connectivity index (χ1n) is 5.82. The van der Waals surface area contributed by atoms with Gasteiger partial charge in [-0.1, -0.05) is 0 Å². The van der Waals surface area contributed by atoms with E-state index in [1.807, 2.05) is 0 Å². The van der Waals surface area contributed by atoms with E-state index >= 15 is 0 Å². The second kappa shape index (κ2) is 5.76. The maximum atomic E-state index is 13.1. The van der Waals surface area contributed by atoms with Crippen LogP contribution in [0.25, 0.3) is 0 Å². The van der Waals surface area contributed by atoms with E-state index in [2.05, 4.69) is 21.2 Å². The number of amides is 2. The van der Waals surface area contributed by atoms with Crippen LogP contribution in [0.1, 0.15) is 6.42 Å². The Balaban J connectivity index is 2.11. The Morgan fingerprint density at radius 1 is 1.45 bits per heavy atom. The number of nitrogens with zero attached hydrogens (tertiary/aromatic N) is 1. The van der Waals surface area contributed by atoms with Crippen molar-refractivity contribution in [3.05, 3.63) is 28.5 Å². The van der Waals surface area contributed by atoms with Crippen molar-refractivity contribution in [3.63, 3.8) is 0 Å². The molecule has 108 valence electrons. The van der Waals surface area contributed by atoms with E-state index in [0.717, 1.165) is 4.90 Å². The maximum Gasteiger partial charge on any atom is 0.326 e. The normalized spacial score (nSPS) is 21.9. The maximum absolute atomic E-state index is 13.1. The Morgan fingerprint density at radius 3 is 2.75 bits per heavy atom. The highest BCUT2D eigenvalue weighted by Gasteiger charge is 2.39. The molecule has 1 aliphatic heterocycles. The van der Waals surface area contributed by atoms with Gasteiger partial charge in [0.1, 0.15) is 11.9 Å². The molecule has 0 saturated carbocycles. The van der Waals surface area contributed by atoms with Gasteiger partial charge in [0.15, 0.2) is 0 Å². The predicted octanol–water partition coefficient (Wildman–Crippen LogP) is 1.64. The fourth-order valence-electron chi connectivity index (χ4n) is 2.04. The van der Waals surface area contributed by atoms with Crippen molar-refractivity contribution < 1.29 is 24.2 Å². The van der Waals surface area contributed by atoms with Crippen molar-refractivity contribution in [2.24, 2.45) is 0 Å². The summed E-state index contributed by atoms with van der Waals surface area (Å²) in [6, 6.07) is 2.20. The molecule has 1 aliphatic rings. The second-order valence-corrected chi connectivity index (χ2v) is 5.31. The number of carboxylic acids is 1.